The van der Waals surface area contributed by atoms with Crippen molar-refractivity contribution in [2.24, 2.45) is 5.92 Å². The van der Waals surface area contributed by atoms with Gasteiger partial charge in [-0.1, -0.05) is 62.1 Å². The molecule has 0 bridgehead atoms. The fourth-order valence-electron chi connectivity index (χ4n) is 3.76. The standard InChI is InChI=1S/C20H23ClN2S/c21-15-8-10-16(11-9-15)24-19-17-7-4-12-22-20(17)23-18(19)13-14-5-2-1-3-6-14/h4,7-8,10-12,14-15H,1-3,5-6,9,13H2,(H,22,23). The second-order valence-electron chi connectivity index (χ2n) is 6.86. The summed E-state index contributed by atoms with van der Waals surface area (Å²) in [5.41, 5.74) is 2.38. The largest absolute Gasteiger partial charge is 0.342 e. The molecule has 1 unspecified atom stereocenters. The molecule has 2 nitrogen and oxygen atoms in total. The maximum Gasteiger partial charge on any atom is 0.138 e. The van der Waals surface area contributed by atoms with E-state index in [0.717, 1.165) is 24.4 Å². The first-order valence-electron chi connectivity index (χ1n) is 8.95. The summed E-state index contributed by atoms with van der Waals surface area (Å²) < 4.78 is 0. The molecule has 0 aromatic carbocycles. The maximum absolute atomic E-state index is 6.16. The number of thioether (sulfide) groups is 1. The van der Waals surface area contributed by atoms with Crippen LogP contribution in [0, 0.1) is 5.92 Å². The predicted octanol–water partition coefficient (Wildman–Crippen LogP) is 6.23. The molecule has 1 atom stereocenters. The lowest BCUT2D eigenvalue weighted by Gasteiger charge is -2.21. The van der Waals surface area contributed by atoms with Crippen LogP contribution in [0.5, 0.6) is 0 Å². The molecule has 2 aliphatic rings. The monoisotopic (exact) mass is 358 g/mol. The first-order valence-corrected chi connectivity index (χ1v) is 10.2. The summed E-state index contributed by atoms with van der Waals surface area (Å²) >= 11 is 8.02. The number of hydrogen-bond acceptors (Lipinski definition) is 2. The van der Waals surface area contributed by atoms with Gasteiger partial charge in [-0.15, -0.1) is 11.6 Å². The molecular weight excluding hydrogens is 336 g/mol. The molecule has 2 aromatic rings. The van der Waals surface area contributed by atoms with Crippen LogP contribution >= 0.6 is 23.4 Å². The summed E-state index contributed by atoms with van der Waals surface area (Å²) in [7, 11) is 0. The Morgan fingerprint density at radius 2 is 2.12 bits per heavy atom. The number of allylic oxidation sites excluding steroid dienone is 3. The highest BCUT2D eigenvalue weighted by atomic mass is 35.5. The summed E-state index contributed by atoms with van der Waals surface area (Å²) in [5.74, 6) is 0.814. The Kier molecular flexibility index (Phi) is 5.00. The minimum absolute atomic E-state index is 0.140. The Morgan fingerprint density at radius 3 is 2.92 bits per heavy atom. The van der Waals surface area contributed by atoms with Crippen LogP contribution in [-0.4, -0.2) is 15.3 Å². The van der Waals surface area contributed by atoms with Gasteiger partial charge in [0.2, 0.25) is 0 Å². The van der Waals surface area contributed by atoms with Crippen molar-refractivity contribution in [1.29, 1.82) is 0 Å². The Hall–Kier alpha value is -1.19. The number of fused-ring (bicyclic) bond motifs is 1. The molecular formula is C20H23ClN2S. The van der Waals surface area contributed by atoms with Gasteiger partial charge in [0.15, 0.2) is 0 Å². The van der Waals surface area contributed by atoms with Gasteiger partial charge >= 0.3 is 0 Å². The molecule has 0 aliphatic heterocycles. The van der Waals surface area contributed by atoms with Crippen molar-refractivity contribution in [2.45, 2.75) is 55.2 Å². The van der Waals surface area contributed by atoms with Crippen LogP contribution in [0.15, 0.2) is 46.4 Å². The number of hydrogen-bond donors (Lipinski definition) is 1. The first-order chi connectivity index (χ1) is 11.8. The number of H-pyrrole nitrogens is 1. The molecule has 2 aromatic heterocycles. The van der Waals surface area contributed by atoms with Gasteiger partial charge in [-0.25, -0.2) is 4.98 Å². The normalized spacial score (nSPS) is 22.0. The summed E-state index contributed by atoms with van der Waals surface area (Å²) in [6.07, 6.45) is 17.3. The minimum atomic E-state index is 0.140. The van der Waals surface area contributed by atoms with Gasteiger partial charge in [0.25, 0.3) is 0 Å². The number of nitrogens with one attached hydrogen (secondary N) is 1. The topological polar surface area (TPSA) is 28.7 Å². The molecule has 2 aliphatic carbocycles. The second-order valence-corrected chi connectivity index (χ2v) is 8.50. The number of aromatic amines is 1. The van der Waals surface area contributed by atoms with Gasteiger partial charge in [0, 0.05) is 27.1 Å². The summed E-state index contributed by atoms with van der Waals surface area (Å²) in [6, 6.07) is 4.22. The van der Waals surface area contributed by atoms with Crippen molar-refractivity contribution in [3.05, 3.63) is 47.2 Å². The average molecular weight is 359 g/mol. The third kappa shape index (κ3) is 3.57. The maximum atomic E-state index is 6.16. The number of nitrogens with zero attached hydrogens (tertiary/aromatic N) is 1. The van der Waals surface area contributed by atoms with Crippen molar-refractivity contribution in [3.63, 3.8) is 0 Å². The van der Waals surface area contributed by atoms with Gasteiger partial charge in [-0.3, -0.25) is 0 Å². The van der Waals surface area contributed by atoms with E-state index in [2.05, 4.69) is 34.3 Å². The Labute approximate surface area is 152 Å². The molecule has 1 fully saturated rings. The molecule has 0 saturated heterocycles. The zero-order chi connectivity index (χ0) is 16.4. The highest BCUT2D eigenvalue weighted by Gasteiger charge is 2.20. The molecule has 0 spiro atoms. The second kappa shape index (κ2) is 7.37. The smallest absolute Gasteiger partial charge is 0.138 e. The van der Waals surface area contributed by atoms with Crippen molar-refractivity contribution >= 4 is 34.4 Å². The van der Waals surface area contributed by atoms with Gasteiger partial charge in [0.05, 0.1) is 5.38 Å². The SMILES string of the molecule is ClC1C=CC(Sc2c(CC3CCCCC3)[nH]c3ncccc23)=CC1. The third-order valence-electron chi connectivity index (χ3n) is 5.05. The Morgan fingerprint density at radius 1 is 1.25 bits per heavy atom. The number of aromatic nitrogens is 2. The van der Waals surface area contributed by atoms with Crippen LogP contribution in [0.4, 0.5) is 0 Å². The number of halogens is 1. The highest BCUT2D eigenvalue weighted by molar-refractivity contribution is 8.03. The summed E-state index contributed by atoms with van der Waals surface area (Å²) in [6.45, 7) is 0. The fraction of sp³-hybridized carbons (Fsp3) is 0.450. The molecule has 2 heterocycles. The molecule has 1 N–H and O–H groups in total. The lowest BCUT2D eigenvalue weighted by atomic mass is 9.86. The summed E-state index contributed by atoms with van der Waals surface area (Å²) in [4.78, 5) is 10.8. The van der Waals surface area contributed by atoms with Crippen LogP contribution in [0.25, 0.3) is 11.0 Å². The quantitative estimate of drug-likeness (QED) is 0.656. The number of rotatable bonds is 4. The van der Waals surface area contributed by atoms with E-state index < -0.39 is 0 Å². The Balaban J connectivity index is 1.63. The lowest BCUT2D eigenvalue weighted by Crippen LogP contribution is -2.10. The van der Waals surface area contributed by atoms with E-state index in [1.165, 1.54) is 53.0 Å². The van der Waals surface area contributed by atoms with E-state index >= 15 is 0 Å². The van der Waals surface area contributed by atoms with Crippen LogP contribution in [-0.2, 0) is 6.42 Å². The lowest BCUT2D eigenvalue weighted by molar-refractivity contribution is 0.353. The molecule has 0 amide bonds. The van der Waals surface area contributed by atoms with E-state index in [1.54, 1.807) is 0 Å². The average Bonchev–Trinajstić information content (AvgIpc) is 2.95. The number of alkyl halides is 1. The highest BCUT2D eigenvalue weighted by Crippen LogP contribution is 2.39. The van der Waals surface area contributed by atoms with Crippen LogP contribution in [0.3, 0.4) is 0 Å². The van der Waals surface area contributed by atoms with Crippen molar-refractivity contribution < 1.29 is 0 Å². The molecule has 1 saturated carbocycles. The first kappa shape index (κ1) is 16.3. The van der Waals surface area contributed by atoms with E-state index in [1.807, 2.05) is 24.0 Å². The third-order valence-corrected chi connectivity index (χ3v) is 6.58. The molecule has 0 radical (unpaired) electrons. The van der Waals surface area contributed by atoms with Gasteiger partial charge in [0.1, 0.15) is 5.65 Å². The van der Waals surface area contributed by atoms with Gasteiger partial charge in [-0.2, -0.15) is 0 Å². The molecule has 4 heteroatoms. The van der Waals surface area contributed by atoms with Crippen LogP contribution in [0.2, 0.25) is 0 Å². The van der Waals surface area contributed by atoms with Crippen LogP contribution in [0.1, 0.15) is 44.2 Å². The molecule has 126 valence electrons. The van der Waals surface area contributed by atoms with Crippen molar-refractivity contribution in [2.75, 3.05) is 0 Å². The molecule has 24 heavy (non-hydrogen) atoms. The van der Waals surface area contributed by atoms with Gasteiger partial charge < -0.3 is 4.98 Å². The number of pyridine rings is 1. The van der Waals surface area contributed by atoms with Crippen molar-refractivity contribution in [1.82, 2.24) is 9.97 Å². The summed E-state index contributed by atoms with van der Waals surface area (Å²) in [5, 5.41) is 1.39. The fourth-order valence-corrected chi connectivity index (χ4v) is 5.01. The van der Waals surface area contributed by atoms with Gasteiger partial charge in [-0.05, 0) is 30.9 Å². The van der Waals surface area contributed by atoms with Crippen molar-refractivity contribution in [3.8, 4) is 0 Å². The van der Waals surface area contributed by atoms with E-state index in [0.29, 0.717) is 0 Å². The van der Waals surface area contributed by atoms with E-state index in [-0.39, 0.29) is 5.38 Å². The molecule has 4 rings (SSSR count). The van der Waals surface area contributed by atoms with Crippen LogP contribution < -0.4 is 0 Å². The zero-order valence-electron chi connectivity index (χ0n) is 13.8. The Bertz CT molecular complexity index is 771. The minimum Gasteiger partial charge on any atom is -0.342 e. The van der Waals surface area contributed by atoms with E-state index in [9.17, 15) is 0 Å². The predicted molar refractivity (Wildman–Crippen MR) is 104 cm³/mol. The zero-order valence-corrected chi connectivity index (χ0v) is 15.4. The van der Waals surface area contributed by atoms with E-state index in [4.69, 9.17) is 11.6 Å².